The summed E-state index contributed by atoms with van der Waals surface area (Å²) in [5, 5.41) is 0. The predicted molar refractivity (Wildman–Crippen MR) is 60.2 cm³/mol. The Bertz CT molecular complexity index is 171. The van der Waals surface area contributed by atoms with E-state index in [1.54, 1.807) is 0 Å². The molecular formula is C12H24N2. The van der Waals surface area contributed by atoms with E-state index in [1.165, 1.54) is 44.9 Å². The minimum absolute atomic E-state index is 0.793. The molecule has 2 unspecified atom stereocenters. The van der Waals surface area contributed by atoms with Gasteiger partial charge in [-0.2, -0.15) is 0 Å². The minimum Gasteiger partial charge on any atom is -0.330 e. The SMILES string of the molecule is CN(C1CCCCC1)C1CCC1CN. The van der Waals surface area contributed by atoms with Crippen molar-refractivity contribution in [3.05, 3.63) is 0 Å². The third-order valence-corrected chi connectivity index (χ3v) is 4.35. The van der Waals surface area contributed by atoms with Crippen LogP contribution in [0.1, 0.15) is 44.9 Å². The highest BCUT2D eigenvalue weighted by Crippen LogP contribution is 2.34. The first-order chi connectivity index (χ1) is 6.83. The average Bonchev–Trinajstić information content (AvgIpc) is 2.18. The maximum atomic E-state index is 5.76. The molecule has 2 N–H and O–H groups in total. The van der Waals surface area contributed by atoms with Crippen molar-refractivity contribution in [1.29, 1.82) is 0 Å². The van der Waals surface area contributed by atoms with E-state index >= 15 is 0 Å². The van der Waals surface area contributed by atoms with E-state index in [4.69, 9.17) is 5.73 Å². The van der Waals surface area contributed by atoms with Gasteiger partial charge in [-0.3, -0.25) is 0 Å². The number of rotatable bonds is 3. The van der Waals surface area contributed by atoms with Crippen LogP contribution < -0.4 is 5.73 Å². The van der Waals surface area contributed by atoms with Crippen LogP contribution in [0.25, 0.3) is 0 Å². The second-order valence-electron chi connectivity index (χ2n) is 5.10. The van der Waals surface area contributed by atoms with Crippen LogP contribution in [0.5, 0.6) is 0 Å². The maximum absolute atomic E-state index is 5.76. The Morgan fingerprint density at radius 1 is 1.07 bits per heavy atom. The van der Waals surface area contributed by atoms with E-state index < -0.39 is 0 Å². The normalized spacial score (nSPS) is 34.5. The van der Waals surface area contributed by atoms with Gasteiger partial charge in [0.1, 0.15) is 0 Å². The fraction of sp³-hybridized carbons (Fsp3) is 1.00. The molecule has 0 aromatic rings. The van der Waals surface area contributed by atoms with Crippen molar-refractivity contribution in [3.8, 4) is 0 Å². The first-order valence-corrected chi connectivity index (χ1v) is 6.25. The number of hydrogen-bond donors (Lipinski definition) is 1. The van der Waals surface area contributed by atoms with Gasteiger partial charge in [-0.15, -0.1) is 0 Å². The van der Waals surface area contributed by atoms with E-state index in [0.29, 0.717) is 0 Å². The van der Waals surface area contributed by atoms with E-state index in [1.807, 2.05) is 0 Å². The lowest BCUT2D eigenvalue weighted by atomic mass is 9.77. The first-order valence-electron chi connectivity index (χ1n) is 6.25. The fourth-order valence-corrected chi connectivity index (χ4v) is 3.12. The second-order valence-corrected chi connectivity index (χ2v) is 5.10. The van der Waals surface area contributed by atoms with Gasteiger partial charge in [-0.1, -0.05) is 19.3 Å². The van der Waals surface area contributed by atoms with Crippen molar-refractivity contribution in [3.63, 3.8) is 0 Å². The predicted octanol–water partition coefficient (Wildman–Crippen LogP) is 1.99. The van der Waals surface area contributed by atoms with Crippen LogP contribution >= 0.6 is 0 Å². The molecule has 0 radical (unpaired) electrons. The van der Waals surface area contributed by atoms with Crippen LogP contribution in [0.2, 0.25) is 0 Å². The summed E-state index contributed by atoms with van der Waals surface area (Å²) in [4.78, 5) is 2.64. The largest absolute Gasteiger partial charge is 0.330 e. The third-order valence-electron chi connectivity index (χ3n) is 4.35. The smallest absolute Gasteiger partial charge is 0.0136 e. The highest BCUT2D eigenvalue weighted by Gasteiger charge is 2.35. The van der Waals surface area contributed by atoms with Gasteiger partial charge in [0.15, 0.2) is 0 Å². The van der Waals surface area contributed by atoms with Crippen molar-refractivity contribution >= 4 is 0 Å². The molecule has 0 aliphatic heterocycles. The topological polar surface area (TPSA) is 29.3 Å². The zero-order valence-corrected chi connectivity index (χ0v) is 9.41. The molecule has 2 fully saturated rings. The van der Waals surface area contributed by atoms with Crippen LogP contribution in [-0.4, -0.2) is 30.6 Å². The molecule has 0 aromatic heterocycles. The summed E-state index contributed by atoms with van der Waals surface area (Å²) >= 11 is 0. The van der Waals surface area contributed by atoms with Crippen molar-refractivity contribution in [2.45, 2.75) is 57.0 Å². The van der Waals surface area contributed by atoms with Crippen molar-refractivity contribution in [1.82, 2.24) is 4.90 Å². The molecule has 0 amide bonds. The summed E-state index contributed by atoms with van der Waals surface area (Å²) in [6, 6.07) is 1.67. The maximum Gasteiger partial charge on any atom is 0.0136 e. The molecule has 82 valence electrons. The van der Waals surface area contributed by atoms with Crippen LogP contribution in [0, 0.1) is 5.92 Å². The Morgan fingerprint density at radius 2 is 1.79 bits per heavy atom. The van der Waals surface area contributed by atoms with Crippen LogP contribution in [0.15, 0.2) is 0 Å². The summed E-state index contributed by atoms with van der Waals surface area (Å²) < 4.78 is 0. The zero-order chi connectivity index (χ0) is 9.97. The summed E-state index contributed by atoms with van der Waals surface area (Å²) in [6.07, 6.45) is 9.92. The van der Waals surface area contributed by atoms with E-state index in [0.717, 1.165) is 24.5 Å². The second kappa shape index (κ2) is 4.63. The Balaban J connectivity index is 1.84. The van der Waals surface area contributed by atoms with Gasteiger partial charge in [-0.25, -0.2) is 0 Å². The van der Waals surface area contributed by atoms with Gasteiger partial charge < -0.3 is 10.6 Å². The van der Waals surface area contributed by atoms with Crippen LogP contribution in [0.4, 0.5) is 0 Å². The van der Waals surface area contributed by atoms with Gasteiger partial charge >= 0.3 is 0 Å². The van der Waals surface area contributed by atoms with Gasteiger partial charge in [-0.05, 0) is 45.2 Å². The van der Waals surface area contributed by atoms with Gasteiger partial charge in [0.2, 0.25) is 0 Å². The number of hydrogen-bond acceptors (Lipinski definition) is 2. The number of nitrogens with zero attached hydrogens (tertiary/aromatic N) is 1. The standard InChI is InChI=1S/C12H24N2/c1-14(11-5-3-2-4-6-11)12-8-7-10(12)9-13/h10-12H,2-9,13H2,1H3. The van der Waals surface area contributed by atoms with Gasteiger partial charge in [0.25, 0.3) is 0 Å². The molecule has 14 heavy (non-hydrogen) atoms. The molecule has 0 spiro atoms. The van der Waals surface area contributed by atoms with Crippen molar-refractivity contribution < 1.29 is 0 Å². The Kier molecular flexibility index (Phi) is 3.45. The van der Waals surface area contributed by atoms with Crippen LogP contribution in [-0.2, 0) is 0 Å². The molecule has 2 aliphatic rings. The summed E-state index contributed by atoms with van der Waals surface area (Å²) in [5.74, 6) is 0.793. The Hall–Kier alpha value is -0.0800. The average molecular weight is 196 g/mol. The summed E-state index contributed by atoms with van der Waals surface area (Å²) in [5.41, 5.74) is 5.76. The molecule has 2 nitrogen and oxygen atoms in total. The van der Waals surface area contributed by atoms with E-state index in [9.17, 15) is 0 Å². The van der Waals surface area contributed by atoms with E-state index in [-0.39, 0.29) is 0 Å². The minimum atomic E-state index is 0.793. The van der Waals surface area contributed by atoms with Crippen molar-refractivity contribution in [2.24, 2.45) is 11.7 Å². The van der Waals surface area contributed by atoms with Crippen molar-refractivity contribution in [2.75, 3.05) is 13.6 Å². The monoisotopic (exact) mass is 196 g/mol. The molecule has 0 aromatic carbocycles. The third kappa shape index (κ3) is 1.96. The molecule has 0 bridgehead atoms. The highest BCUT2D eigenvalue weighted by molar-refractivity contribution is 4.91. The quantitative estimate of drug-likeness (QED) is 0.748. The Morgan fingerprint density at radius 3 is 2.29 bits per heavy atom. The Labute approximate surface area is 87.8 Å². The van der Waals surface area contributed by atoms with Gasteiger partial charge in [0, 0.05) is 12.1 Å². The van der Waals surface area contributed by atoms with E-state index in [2.05, 4.69) is 11.9 Å². The molecule has 2 rings (SSSR count). The molecule has 2 atom stereocenters. The molecule has 2 aliphatic carbocycles. The lowest BCUT2D eigenvalue weighted by Crippen LogP contribution is -2.52. The molecule has 0 heterocycles. The lowest BCUT2D eigenvalue weighted by Gasteiger charge is -2.46. The first kappa shape index (κ1) is 10.4. The number of nitrogens with two attached hydrogens (primary N) is 1. The highest BCUT2D eigenvalue weighted by atomic mass is 15.2. The fourth-order valence-electron chi connectivity index (χ4n) is 3.12. The molecule has 0 saturated heterocycles. The lowest BCUT2D eigenvalue weighted by molar-refractivity contribution is 0.0401. The summed E-state index contributed by atoms with van der Waals surface area (Å²) in [7, 11) is 2.32. The molecular weight excluding hydrogens is 172 g/mol. The molecule has 2 heteroatoms. The van der Waals surface area contributed by atoms with Crippen LogP contribution in [0.3, 0.4) is 0 Å². The zero-order valence-electron chi connectivity index (χ0n) is 9.41. The molecule has 2 saturated carbocycles. The summed E-state index contributed by atoms with van der Waals surface area (Å²) in [6.45, 7) is 0.891. The van der Waals surface area contributed by atoms with Gasteiger partial charge in [0.05, 0.1) is 0 Å².